The van der Waals surface area contributed by atoms with Crippen molar-refractivity contribution in [1.29, 1.82) is 5.26 Å². The molecular weight excluding hydrogens is 421 g/mol. The highest BCUT2D eigenvalue weighted by molar-refractivity contribution is 7.91. The van der Waals surface area contributed by atoms with Crippen LogP contribution >= 0.6 is 0 Å². The number of sulfone groups is 1. The molecule has 0 saturated heterocycles. The second-order valence-electron chi connectivity index (χ2n) is 6.25. The molecule has 0 aliphatic rings. The molecule has 0 aliphatic carbocycles. The van der Waals surface area contributed by atoms with Crippen molar-refractivity contribution in [2.75, 3.05) is 12.4 Å². The summed E-state index contributed by atoms with van der Waals surface area (Å²) in [4.78, 5) is 7.43. The first-order chi connectivity index (χ1) is 14.9. The number of aromatic nitrogens is 1. The quantitative estimate of drug-likeness (QED) is 0.344. The Labute approximate surface area is 179 Å². The van der Waals surface area contributed by atoms with Gasteiger partial charge in [-0.3, -0.25) is 4.98 Å². The van der Waals surface area contributed by atoms with E-state index in [1.165, 1.54) is 25.3 Å². The predicted octanol–water partition coefficient (Wildman–Crippen LogP) is 3.10. The Kier molecular flexibility index (Phi) is 6.79. The van der Waals surface area contributed by atoms with Crippen LogP contribution < -0.4 is 15.4 Å². The fourth-order valence-corrected chi connectivity index (χ4v) is 3.96. The summed E-state index contributed by atoms with van der Waals surface area (Å²) in [5, 5.41) is 14.8. The third kappa shape index (κ3) is 5.55. The Morgan fingerprint density at radius 1 is 1.13 bits per heavy atom. The molecule has 10 heteroatoms. The third-order valence-electron chi connectivity index (χ3n) is 4.19. The van der Waals surface area contributed by atoms with Crippen LogP contribution in [0.1, 0.15) is 5.56 Å². The molecule has 0 radical (unpaired) electrons. The van der Waals surface area contributed by atoms with Crippen LogP contribution in [0, 0.1) is 17.3 Å². The Morgan fingerprint density at radius 3 is 2.48 bits per heavy atom. The molecule has 0 unspecified atom stereocenters. The smallest absolute Gasteiger partial charge is 0.212 e. The molecule has 0 amide bonds. The molecule has 1 heterocycles. The summed E-state index contributed by atoms with van der Waals surface area (Å²) >= 11 is 0. The van der Waals surface area contributed by atoms with Crippen LogP contribution in [0.15, 0.2) is 81.8 Å². The monoisotopic (exact) mass is 439 g/mol. The highest BCUT2D eigenvalue weighted by atomic mass is 32.2. The Bertz CT molecular complexity index is 1220. The van der Waals surface area contributed by atoms with Gasteiger partial charge < -0.3 is 15.4 Å². The first-order valence-corrected chi connectivity index (χ1v) is 10.5. The minimum Gasteiger partial charge on any atom is -0.497 e. The Morgan fingerprint density at radius 2 is 1.84 bits per heavy atom. The number of benzene rings is 2. The number of anilines is 1. The summed E-state index contributed by atoms with van der Waals surface area (Å²) in [6.45, 7) is 0.284. The van der Waals surface area contributed by atoms with Gasteiger partial charge >= 0.3 is 0 Å². The number of halogens is 1. The Hall–Kier alpha value is -3.97. The number of rotatable bonds is 6. The van der Waals surface area contributed by atoms with Crippen molar-refractivity contribution in [1.82, 2.24) is 10.3 Å². The van der Waals surface area contributed by atoms with Gasteiger partial charge in [0.25, 0.3) is 0 Å². The first-order valence-electron chi connectivity index (χ1n) is 8.98. The average molecular weight is 439 g/mol. The molecule has 0 fully saturated rings. The van der Waals surface area contributed by atoms with Crippen molar-refractivity contribution < 1.29 is 17.5 Å². The first kappa shape index (κ1) is 21.7. The number of pyridine rings is 1. The Balaban J connectivity index is 1.73. The van der Waals surface area contributed by atoms with Gasteiger partial charge in [0.1, 0.15) is 11.6 Å². The van der Waals surface area contributed by atoms with E-state index in [-0.39, 0.29) is 28.0 Å². The molecule has 31 heavy (non-hydrogen) atoms. The minimum atomic E-state index is -3.92. The fraction of sp³-hybridized carbons (Fsp3) is 0.0952. The molecule has 0 atom stereocenters. The van der Waals surface area contributed by atoms with E-state index in [1.54, 1.807) is 42.9 Å². The molecule has 1 aromatic heterocycles. The molecule has 3 aromatic rings. The number of guanidine groups is 1. The minimum absolute atomic E-state index is 0.0183. The number of methoxy groups -OCH3 is 1. The average Bonchev–Trinajstić information content (AvgIpc) is 2.78. The van der Waals surface area contributed by atoms with Gasteiger partial charge in [-0.2, -0.15) is 5.26 Å². The molecular formula is C21H18FN5O3S. The molecule has 3 rings (SSSR count). The van der Waals surface area contributed by atoms with Gasteiger partial charge in [0.05, 0.1) is 16.9 Å². The van der Waals surface area contributed by atoms with E-state index < -0.39 is 15.7 Å². The zero-order chi connectivity index (χ0) is 22.3. The zero-order valence-corrected chi connectivity index (χ0v) is 17.2. The van der Waals surface area contributed by atoms with Crippen LogP contribution in [0.2, 0.25) is 0 Å². The predicted molar refractivity (Wildman–Crippen MR) is 113 cm³/mol. The summed E-state index contributed by atoms with van der Waals surface area (Å²) in [6, 6.07) is 12.9. The highest BCUT2D eigenvalue weighted by Crippen LogP contribution is 2.26. The lowest BCUT2D eigenvalue weighted by Crippen LogP contribution is -2.30. The normalized spacial score (nSPS) is 11.5. The van der Waals surface area contributed by atoms with Crippen molar-refractivity contribution in [2.24, 2.45) is 4.99 Å². The molecule has 0 aliphatic heterocycles. The summed E-state index contributed by atoms with van der Waals surface area (Å²) in [5.41, 5.74) is 1.45. The maximum absolute atomic E-state index is 13.7. The fourth-order valence-electron chi connectivity index (χ4n) is 2.65. The SMILES string of the molecule is COc1cc(F)cc(S(=O)(=O)c2ccc(CNC(=NC#N)Nc3ccncc3)cc2)c1. The van der Waals surface area contributed by atoms with E-state index in [0.717, 1.165) is 17.7 Å². The molecule has 2 aromatic carbocycles. The van der Waals surface area contributed by atoms with Crippen molar-refractivity contribution in [3.63, 3.8) is 0 Å². The van der Waals surface area contributed by atoms with Gasteiger partial charge in [-0.1, -0.05) is 12.1 Å². The molecule has 158 valence electrons. The number of nitrogens with zero attached hydrogens (tertiary/aromatic N) is 3. The van der Waals surface area contributed by atoms with Crippen molar-refractivity contribution >= 4 is 21.5 Å². The lowest BCUT2D eigenvalue weighted by molar-refractivity contribution is 0.409. The van der Waals surface area contributed by atoms with Crippen LogP contribution in [-0.4, -0.2) is 26.5 Å². The molecule has 0 bridgehead atoms. The van der Waals surface area contributed by atoms with Gasteiger partial charge in [0.15, 0.2) is 0 Å². The standard InChI is InChI=1S/C21H18FN5O3S/c1-30-18-10-16(22)11-20(12-18)31(28,29)19-4-2-15(3-5-19)13-25-21(26-14-23)27-17-6-8-24-9-7-17/h2-12H,13H2,1H3,(H2,24,25,26,27). The third-order valence-corrected chi connectivity index (χ3v) is 5.94. The summed E-state index contributed by atoms with van der Waals surface area (Å²) in [5.74, 6) is -0.354. The van der Waals surface area contributed by atoms with E-state index in [2.05, 4.69) is 20.6 Å². The van der Waals surface area contributed by atoms with Crippen molar-refractivity contribution in [3.8, 4) is 11.9 Å². The second-order valence-corrected chi connectivity index (χ2v) is 8.20. The van der Waals surface area contributed by atoms with E-state index in [4.69, 9.17) is 10.00 Å². The largest absolute Gasteiger partial charge is 0.497 e. The number of aliphatic imine (C=N–C) groups is 1. The van der Waals surface area contributed by atoms with E-state index in [9.17, 15) is 12.8 Å². The maximum atomic E-state index is 13.7. The lowest BCUT2D eigenvalue weighted by Gasteiger charge is -2.11. The van der Waals surface area contributed by atoms with Gasteiger partial charge in [-0.25, -0.2) is 12.8 Å². The summed E-state index contributed by atoms with van der Waals surface area (Å²) in [6.07, 6.45) is 4.91. The summed E-state index contributed by atoms with van der Waals surface area (Å²) in [7, 11) is -2.58. The summed E-state index contributed by atoms with van der Waals surface area (Å²) < 4.78 is 44.3. The van der Waals surface area contributed by atoms with Crippen LogP contribution in [0.5, 0.6) is 5.75 Å². The lowest BCUT2D eigenvalue weighted by atomic mass is 10.2. The van der Waals surface area contributed by atoms with E-state index in [0.29, 0.717) is 5.69 Å². The second kappa shape index (κ2) is 9.69. The van der Waals surface area contributed by atoms with Gasteiger partial charge in [0, 0.05) is 30.7 Å². The van der Waals surface area contributed by atoms with Crippen LogP contribution in [0.4, 0.5) is 10.1 Å². The van der Waals surface area contributed by atoms with E-state index in [1.807, 2.05) is 0 Å². The molecule has 2 N–H and O–H groups in total. The van der Waals surface area contributed by atoms with E-state index >= 15 is 0 Å². The topological polar surface area (TPSA) is 116 Å². The molecule has 0 spiro atoms. The zero-order valence-electron chi connectivity index (χ0n) is 16.4. The van der Waals surface area contributed by atoms with Crippen molar-refractivity contribution in [3.05, 3.63) is 78.4 Å². The van der Waals surface area contributed by atoms with Crippen LogP contribution in [-0.2, 0) is 16.4 Å². The number of nitriles is 1. The number of hydrogen-bond donors (Lipinski definition) is 2. The van der Waals surface area contributed by atoms with Gasteiger partial charge in [-0.15, -0.1) is 4.99 Å². The number of nitrogens with one attached hydrogen (secondary N) is 2. The number of ether oxygens (including phenoxy) is 1. The van der Waals surface area contributed by atoms with Crippen LogP contribution in [0.3, 0.4) is 0 Å². The number of hydrogen-bond acceptors (Lipinski definition) is 6. The molecule has 0 saturated carbocycles. The van der Waals surface area contributed by atoms with Crippen LogP contribution in [0.25, 0.3) is 0 Å². The van der Waals surface area contributed by atoms with Gasteiger partial charge in [-0.05, 0) is 42.0 Å². The molecule has 8 nitrogen and oxygen atoms in total. The maximum Gasteiger partial charge on any atom is 0.212 e. The van der Waals surface area contributed by atoms with Crippen molar-refractivity contribution in [2.45, 2.75) is 16.3 Å². The van der Waals surface area contributed by atoms with Gasteiger partial charge in [0.2, 0.25) is 22.0 Å². The highest BCUT2D eigenvalue weighted by Gasteiger charge is 2.19.